The van der Waals surface area contributed by atoms with Crippen molar-refractivity contribution in [2.45, 2.75) is 27.6 Å². The van der Waals surface area contributed by atoms with Gasteiger partial charge in [0.2, 0.25) is 10.0 Å². The van der Waals surface area contributed by atoms with Crippen LogP contribution >= 0.6 is 35.3 Å². The van der Waals surface area contributed by atoms with Gasteiger partial charge in [-0.2, -0.15) is 8.75 Å². The largest absolute Gasteiger partial charge is 0.333 e. The smallest absolute Gasteiger partial charge is 0.242 e. The molecule has 2 aromatic heterocycles. The number of sulfonamides is 1. The van der Waals surface area contributed by atoms with Gasteiger partial charge < -0.3 is 4.98 Å². The Morgan fingerprint density at radius 1 is 0.971 bits per heavy atom. The van der Waals surface area contributed by atoms with E-state index in [-0.39, 0.29) is 4.90 Å². The van der Waals surface area contributed by atoms with Crippen LogP contribution in [0.15, 0.2) is 75.6 Å². The number of imidazole rings is 1. The van der Waals surface area contributed by atoms with Gasteiger partial charge in [-0.1, -0.05) is 42.1 Å². The molecule has 0 unspecified atom stereocenters. The third-order valence-electron chi connectivity index (χ3n) is 5.32. The summed E-state index contributed by atoms with van der Waals surface area (Å²) in [4.78, 5) is 9.30. The van der Waals surface area contributed by atoms with Gasteiger partial charge >= 0.3 is 0 Å². The van der Waals surface area contributed by atoms with E-state index >= 15 is 0 Å². The summed E-state index contributed by atoms with van der Waals surface area (Å²) in [6, 6.07) is 19.3. The number of benzene rings is 3. The molecule has 174 valence electrons. The van der Waals surface area contributed by atoms with E-state index in [9.17, 15) is 8.42 Å². The summed E-state index contributed by atoms with van der Waals surface area (Å²) in [5.74, 6) is 1.42. The summed E-state index contributed by atoms with van der Waals surface area (Å²) in [7, 11) is -3.65. The van der Waals surface area contributed by atoms with E-state index in [1.54, 1.807) is 41.7 Å². The lowest BCUT2D eigenvalue weighted by Crippen LogP contribution is -2.26. The highest BCUT2D eigenvalue weighted by Gasteiger charge is 2.19. The van der Waals surface area contributed by atoms with Crippen molar-refractivity contribution in [3.8, 4) is 0 Å². The highest BCUT2D eigenvalue weighted by atomic mass is 32.2. The van der Waals surface area contributed by atoms with Crippen LogP contribution in [0.4, 0.5) is 0 Å². The minimum atomic E-state index is -3.65. The summed E-state index contributed by atoms with van der Waals surface area (Å²) in [5.41, 5.74) is 5.45. The third kappa shape index (κ3) is 4.98. The van der Waals surface area contributed by atoms with E-state index in [0.29, 0.717) is 23.3 Å². The van der Waals surface area contributed by atoms with Gasteiger partial charge in [-0.25, -0.2) is 18.1 Å². The Morgan fingerprint density at radius 3 is 2.68 bits per heavy atom. The van der Waals surface area contributed by atoms with Crippen LogP contribution in [0.25, 0.3) is 22.1 Å². The van der Waals surface area contributed by atoms with E-state index in [1.165, 1.54) is 11.1 Å². The normalized spacial score (nSPS) is 12.0. The second-order valence-corrected chi connectivity index (χ2v) is 11.9. The summed E-state index contributed by atoms with van der Waals surface area (Å²) in [6.07, 6.45) is 0. The fourth-order valence-electron chi connectivity index (χ4n) is 3.53. The van der Waals surface area contributed by atoms with Gasteiger partial charge in [-0.05, 0) is 48.4 Å². The summed E-state index contributed by atoms with van der Waals surface area (Å²) in [6.45, 7) is 2.43. The minimum absolute atomic E-state index is 0.171. The van der Waals surface area contributed by atoms with Crippen molar-refractivity contribution in [2.75, 3.05) is 12.3 Å². The van der Waals surface area contributed by atoms with Crippen LogP contribution < -0.4 is 4.72 Å². The van der Waals surface area contributed by atoms with Crippen molar-refractivity contribution in [3.05, 3.63) is 71.8 Å². The number of aromatic nitrogens is 4. The maximum atomic E-state index is 12.8. The molecule has 0 amide bonds. The van der Waals surface area contributed by atoms with E-state index in [0.717, 1.165) is 38.6 Å². The lowest BCUT2D eigenvalue weighted by atomic mass is 10.1. The standard InChI is InChI=1S/C23H21N5O2S4/c1-15-16(14-32-23-25-17-7-2-3-8-18(17)26-23)6-4-10-20(15)31-13-12-24-34(29,30)21-11-5-9-19-22(21)28-33-27-19/h2-11,24H,12-14H2,1H3,(H,25,26). The van der Waals surface area contributed by atoms with Crippen molar-refractivity contribution in [1.29, 1.82) is 0 Å². The predicted octanol–water partition coefficient (Wildman–Crippen LogP) is 5.24. The SMILES string of the molecule is Cc1c(CSc2nc3ccccc3[nH]2)cccc1SCCNS(=O)(=O)c1cccc2nsnc12. The highest BCUT2D eigenvalue weighted by Crippen LogP contribution is 2.29. The molecule has 5 aromatic rings. The lowest BCUT2D eigenvalue weighted by Gasteiger charge is -2.11. The molecule has 2 N–H and O–H groups in total. The van der Waals surface area contributed by atoms with Gasteiger partial charge in [0, 0.05) is 22.9 Å². The van der Waals surface area contributed by atoms with Crippen molar-refractivity contribution >= 4 is 67.3 Å². The quantitative estimate of drug-likeness (QED) is 0.200. The molecular weight excluding hydrogens is 507 g/mol. The number of fused-ring (bicyclic) bond motifs is 2. The van der Waals surface area contributed by atoms with E-state index < -0.39 is 10.0 Å². The average molecular weight is 528 g/mol. The topological polar surface area (TPSA) is 101 Å². The number of nitrogens with one attached hydrogen (secondary N) is 2. The number of hydrogen-bond acceptors (Lipinski definition) is 8. The van der Waals surface area contributed by atoms with Crippen LogP contribution in [0.1, 0.15) is 11.1 Å². The lowest BCUT2D eigenvalue weighted by molar-refractivity contribution is 0.585. The molecule has 0 aliphatic rings. The first-order valence-corrected chi connectivity index (χ1v) is 14.7. The van der Waals surface area contributed by atoms with Crippen LogP contribution in [0, 0.1) is 6.92 Å². The molecule has 5 rings (SSSR count). The zero-order valence-corrected chi connectivity index (χ0v) is 21.5. The molecule has 3 aromatic carbocycles. The van der Waals surface area contributed by atoms with Gasteiger partial charge in [0.1, 0.15) is 15.9 Å². The minimum Gasteiger partial charge on any atom is -0.333 e. The molecule has 0 saturated heterocycles. The number of nitrogens with zero attached hydrogens (tertiary/aromatic N) is 3. The third-order valence-corrected chi connectivity index (χ3v) is 9.44. The second kappa shape index (κ2) is 10.0. The van der Waals surface area contributed by atoms with Gasteiger partial charge in [0.05, 0.1) is 22.8 Å². The zero-order chi connectivity index (χ0) is 23.5. The van der Waals surface area contributed by atoms with Gasteiger partial charge in [0.15, 0.2) is 5.16 Å². The molecule has 0 spiro atoms. The number of thioether (sulfide) groups is 2. The van der Waals surface area contributed by atoms with Crippen molar-refractivity contribution < 1.29 is 8.42 Å². The first kappa shape index (κ1) is 23.3. The Balaban J connectivity index is 1.19. The van der Waals surface area contributed by atoms with Crippen LogP contribution in [0.5, 0.6) is 0 Å². The Kier molecular flexibility index (Phi) is 6.89. The Hall–Kier alpha value is -2.44. The predicted molar refractivity (Wildman–Crippen MR) is 140 cm³/mol. The molecule has 0 bridgehead atoms. The van der Waals surface area contributed by atoms with Crippen LogP contribution in [-0.4, -0.2) is 39.4 Å². The number of para-hydroxylation sites is 2. The highest BCUT2D eigenvalue weighted by molar-refractivity contribution is 7.99. The molecule has 0 saturated carbocycles. The Morgan fingerprint density at radius 2 is 1.79 bits per heavy atom. The van der Waals surface area contributed by atoms with Crippen molar-refractivity contribution in [1.82, 2.24) is 23.4 Å². The first-order chi connectivity index (χ1) is 16.5. The summed E-state index contributed by atoms with van der Waals surface area (Å²) >= 11 is 4.33. The zero-order valence-electron chi connectivity index (χ0n) is 18.2. The Labute approximate surface area is 210 Å². The van der Waals surface area contributed by atoms with E-state index in [2.05, 4.69) is 42.5 Å². The number of hydrogen-bond donors (Lipinski definition) is 2. The van der Waals surface area contributed by atoms with Gasteiger partial charge in [0.25, 0.3) is 0 Å². The van der Waals surface area contributed by atoms with E-state index in [4.69, 9.17) is 0 Å². The van der Waals surface area contributed by atoms with E-state index in [1.807, 2.05) is 30.3 Å². The maximum absolute atomic E-state index is 12.8. The summed E-state index contributed by atoms with van der Waals surface area (Å²) < 4.78 is 36.5. The molecular formula is C23H21N5O2S4. The second-order valence-electron chi connectivity index (χ2n) is 7.52. The number of aromatic amines is 1. The number of H-pyrrole nitrogens is 1. The monoisotopic (exact) mass is 527 g/mol. The molecule has 0 radical (unpaired) electrons. The fraction of sp³-hybridized carbons (Fsp3) is 0.174. The fourth-order valence-corrected chi connectivity index (χ4v) is 7.35. The summed E-state index contributed by atoms with van der Waals surface area (Å²) in [5, 5.41) is 0.901. The van der Waals surface area contributed by atoms with Gasteiger partial charge in [-0.3, -0.25) is 0 Å². The number of rotatable bonds is 9. The molecule has 7 nitrogen and oxygen atoms in total. The molecule has 11 heteroatoms. The van der Waals surface area contributed by atoms with Crippen molar-refractivity contribution in [3.63, 3.8) is 0 Å². The molecule has 0 aliphatic heterocycles. The molecule has 34 heavy (non-hydrogen) atoms. The average Bonchev–Trinajstić information content (AvgIpc) is 3.48. The molecule has 0 atom stereocenters. The Bertz CT molecular complexity index is 1530. The van der Waals surface area contributed by atoms with Crippen LogP contribution in [0.2, 0.25) is 0 Å². The first-order valence-electron chi connectivity index (χ1n) is 10.5. The molecule has 2 heterocycles. The van der Waals surface area contributed by atoms with Gasteiger partial charge in [-0.15, -0.1) is 11.8 Å². The molecule has 0 fully saturated rings. The molecule has 0 aliphatic carbocycles. The maximum Gasteiger partial charge on any atom is 0.242 e. The van der Waals surface area contributed by atoms with Crippen LogP contribution in [0.3, 0.4) is 0 Å². The van der Waals surface area contributed by atoms with Crippen molar-refractivity contribution in [2.24, 2.45) is 0 Å². The van der Waals surface area contributed by atoms with Crippen LogP contribution in [-0.2, 0) is 15.8 Å².